The van der Waals surface area contributed by atoms with Crippen molar-refractivity contribution in [2.45, 2.75) is 18.9 Å². The molecule has 0 aromatic carbocycles. The summed E-state index contributed by atoms with van der Waals surface area (Å²) >= 11 is 0. The molecule has 0 amide bonds. The zero-order valence-corrected chi connectivity index (χ0v) is 12.0. The lowest BCUT2D eigenvalue weighted by molar-refractivity contribution is 0.169. The Hall–Kier alpha value is -2.65. The second-order valence-electron chi connectivity index (χ2n) is 5.47. The minimum absolute atomic E-state index is 0.168. The maximum atomic E-state index is 9.06. The molecule has 110 valence electrons. The highest BCUT2D eigenvalue weighted by Crippen LogP contribution is 2.32. The van der Waals surface area contributed by atoms with Gasteiger partial charge in [-0.2, -0.15) is 5.26 Å². The summed E-state index contributed by atoms with van der Waals surface area (Å²) in [5.74, 6) is 0.806. The topological polar surface area (TPSA) is 86.6 Å². The van der Waals surface area contributed by atoms with Crippen molar-refractivity contribution in [2.24, 2.45) is 0 Å². The molecule has 1 aliphatic heterocycles. The molecule has 4 heterocycles. The van der Waals surface area contributed by atoms with E-state index in [4.69, 9.17) is 10.00 Å². The van der Waals surface area contributed by atoms with E-state index in [1.54, 1.807) is 18.5 Å². The molecule has 0 saturated carbocycles. The highest BCUT2D eigenvalue weighted by Gasteiger charge is 2.18. The normalized spacial score (nSPS) is 18.4. The SMILES string of the molecule is N#Cc1cc2c(cn1)[nH]c1nccc(O[C@H]3CCCNC3)c12. The third-order valence-electron chi connectivity index (χ3n) is 4.00. The van der Waals surface area contributed by atoms with E-state index < -0.39 is 0 Å². The first kappa shape index (κ1) is 13.0. The van der Waals surface area contributed by atoms with Gasteiger partial charge in [0.1, 0.15) is 29.3 Å². The molecule has 22 heavy (non-hydrogen) atoms. The zero-order chi connectivity index (χ0) is 14.9. The largest absolute Gasteiger partial charge is 0.488 e. The van der Waals surface area contributed by atoms with Crippen LogP contribution in [-0.2, 0) is 0 Å². The van der Waals surface area contributed by atoms with E-state index in [1.165, 1.54) is 0 Å². The Kier molecular flexibility index (Phi) is 3.13. The molecule has 3 aromatic rings. The predicted molar refractivity (Wildman–Crippen MR) is 82.6 cm³/mol. The van der Waals surface area contributed by atoms with E-state index >= 15 is 0 Å². The van der Waals surface area contributed by atoms with E-state index in [9.17, 15) is 0 Å². The van der Waals surface area contributed by atoms with Gasteiger partial charge in [0, 0.05) is 18.1 Å². The lowest BCUT2D eigenvalue weighted by atomic mass is 10.1. The Bertz CT molecular complexity index is 873. The standard InChI is InChI=1S/C16H15N5O/c17-7-10-6-12-13(9-20-10)21-16-15(12)14(3-5-19-16)22-11-2-1-4-18-8-11/h3,5-6,9,11,18H,1-2,4,8H2,(H,19,21)/t11-/m0/s1. The van der Waals surface area contributed by atoms with Crippen LogP contribution in [0.4, 0.5) is 0 Å². The summed E-state index contributed by atoms with van der Waals surface area (Å²) in [5.41, 5.74) is 2.01. The van der Waals surface area contributed by atoms with Gasteiger partial charge in [0.2, 0.25) is 0 Å². The number of H-pyrrole nitrogens is 1. The van der Waals surface area contributed by atoms with Gasteiger partial charge >= 0.3 is 0 Å². The van der Waals surface area contributed by atoms with E-state index in [2.05, 4.69) is 26.3 Å². The molecule has 2 N–H and O–H groups in total. The van der Waals surface area contributed by atoms with Crippen LogP contribution >= 0.6 is 0 Å². The van der Waals surface area contributed by atoms with Crippen LogP contribution in [0.25, 0.3) is 21.9 Å². The van der Waals surface area contributed by atoms with Crippen molar-refractivity contribution in [1.82, 2.24) is 20.3 Å². The number of nitriles is 1. The van der Waals surface area contributed by atoms with Crippen LogP contribution in [0, 0.1) is 11.3 Å². The van der Waals surface area contributed by atoms with Gasteiger partial charge in [0.25, 0.3) is 0 Å². The van der Waals surface area contributed by atoms with Gasteiger partial charge in [-0.15, -0.1) is 0 Å². The lowest BCUT2D eigenvalue weighted by Gasteiger charge is -2.24. The van der Waals surface area contributed by atoms with Crippen molar-refractivity contribution in [3.63, 3.8) is 0 Å². The van der Waals surface area contributed by atoms with Crippen LogP contribution in [0.1, 0.15) is 18.5 Å². The molecule has 1 aliphatic rings. The number of piperidine rings is 1. The number of nitrogens with zero attached hydrogens (tertiary/aromatic N) is 3. The smallest absolute Gasteiger partial charge is 0.142 e. The van der Waals surface area contributed by atoms with Gasteiger partial charge in [0.05, 0.1) is 17.1 Å². The number of rotatable bonds is 2. The van der Waals surface area contributed by atoms with Crippen LogP contribution in [0.15, 0.2) is 24.5 Å². The third kappa shape index (κ3) is 2.16. The van der Waals surface area contributed by atoms with E-state index in [0.717, 1.165) is 53.6 Å². The molecule has 4 rings (SSSR count). The second-order valence-corrected chi connectivity index (χ2v) is 5.47. The number of hydrogen-bond donors (Lipinski definition) is 2. The summed E-state index contributed by atoms with van der Waals surface area (Å²) in [4.78, 5) is 11.7. The zero-order valence-electron chi connectivity index (χ0n) is 12.0. The Morgan fingerprint density at radius 3 is 3.14 bits per heavy atom. The fraction of sp³-hybridized carbons (Fsp3) is 0.312. The molecular weight excluding hydrogens is 278 g/mol. The molecule has 0 radical (unpaired) electrons. The molecule has 0 aliphatic carbocycles. The van der Waals surface area contributed by atoms with E-state index in [-0.39, 0.29) is 6.10 Å². The maximum Gasteiger partial charge on any atom is 0.142 e. The molecule has 1 fully saturated rings. The monoisotopic (exact) mass is 293 g/mol. The lowest BCUT2D eigenvalue weighted by Crippen LogP contribution is -2.37. The quantitative estimate of drug-likeness (QED) is 0.755. The number of fused-ring (bicyclic) bond motifs is 3. The highest BCUT2D eigenvalue weighted by atomic mass is 16.5. The number of pyridine rings is 2. The number of ether oxygens (including phenoxy) is 1. The third-order valence-corrected chi connectivity index (χ3v) is 4.00. The fourth-order valence-electron chi connectivity index (χ4n) is 2.95. The van der Waals surface area contributed by atoms with Crippen molar-refractivity contribution in [3.05, 3.63) is 30.2 Å². The summed E-state index contributed by atoms with van der Waals surface area (Å²) < 4.78 is 6.18. The van der Waals surface area contributed by atoms with Gasteiger partial charge in [0.15, 0.2) is 0 Å². The van der Waals surface area contributed by atoms with Crippen LogP contribution in [0.5, 0.6) is 5.75 Å². The molecule has 6 nitrogen and oxygen atoms in total. The van der Waals surface area contributed by atoms with Gasteiger partial charge in [-0.1, -0.05) is 0 Å². The van der Waals surface area contributed by atoms with Gasteiger partial charge in [-0.3, -0.25) is 0 Å². The number of nitrogens with one attached hydrogen (secondary N) is 2. The summed E-state index contributed by atoms with van der Waals surface area (Å²) in [6.07, 6.45) is 5.74. The van der Waals surface area contributed by atoms with Gasteiger partial charge in [-0.25, -0.2) is 9.97 Å². The summed E-state index contributed by atoms with van der Waals surface area (Å²) in [5, 5.41) is 14.3. The van der Waals surface area contributed by atoms with Gasteiger partial charge < -0.3 is 15.0 Å². The molecule has 6 heteroatoms. The average molecular weight is 293 g/mol. The van der Waals surface area contributed by atoms with Crippen molar-refractivity contribution in [3.8, 4) is 11.8 Å². The van der Waals surface area contributed by atoms with E-state index in [1.807, 2.05) is 6.07 Å². The average Bonchev–Trinajstić information content (AvgIpc) is 2.94. The van der Waals surface area contributed by atoms with E-state index in [0.29, 0.717) is 5.69 Å². The molecule has 0 unspecified atom stereocenters. The second kappa shape index (κ2) is 5.28. The predicted octanol–water partition coefficient (Wildman–Crippen LogP) is 2.11. The summed E-state index contributed by atoms with van der Waals surface area (Å²) in [7, 11) is 0. The Labute approximate surface area is 127 Å². The van der Waals surface area contributed by atoms with Crippen LogP contribution in [0.3, 0.4) is 0 Å². The number of hydrogen-bond acceptors (Lipinski definition) is 5. The fourth-order valence-corrected chi connectivity index (χ4v) is 2.95. The Morgan fingerprint density at radius 2 is 2.32 bits per heavy atom. The molecule has 0 bridgehead atoms. The van der Waals surface area contributed by atoms with Crippen LogP contribution < -0.4 is 10.1 Å². The minimum Gasteiger partial charge on any atom is -0.488 e. The van der Waals surface area contributed by atoms with Crippen molar-refractivity contribution >= 4 is 21.9 Å². The molecular formula is C16H15N5O. The number of aromatic nitrogens is 3. The summed E-state index contributed by atoms with van der Waals surface area (Å²) in [6.45, 7) is 1.91. The number of aromatic amines is 1. The molecule has 3 aromatic heterocycles. The first-order chi connectivity index (χ1) is 10.8. The van der Waals surface area contributed by atoms with Crippen LogP contribution in [0.2, 0.25) is 0 Å². The Balaban J connectivity index is 1.85. The highest BCUT2D eigenvalue weighted by molar-refractivity contribution is 6.09. The molecule has 1 saturated heterocycles. The Morgan fingerprint density at radius 1 is 1.36 bits per heavy atom. The molecule has 1 atom stereocenters. The van der Waals surface area contributed by atoms with Gasteiger partial charge in [-0.05, 0) is 31.5 Å². The molecule has 0 spiro atoms. The van der Waals surface area contributed by atoms with Crippen molar-refractivity contribution in [1.29, 1.82) is 5.26 Å². The minimum atomic E-state index is 0.168. The van der Waals surface area contributed by atoms with Crippen LogP contribution in [-0.4, -0.2) is 34.1 Å². The van der Waals surface area contributed by atoms with Crippen molar-refractivity contribution < 1.29 is 4.74 Å². The van der Waals surface area contributed by atoms with Crippen molar-refractivity contribution in [2.75, 3.05) is 13.1 Å². The maximum absolute atomic E-state index is 9.06. The first-order valence-electron chi connectivity index (χ1n) is 7.39. The summed E-state index contributed by atoms with van der Waals surface area (Å²) in [6, 6.07) is 5.74. The first-order valence-corrected chi connectivity index (χ1v) is 7.39.